The molecule has 2 amide bonds. The maximum Gasteiger partial charge on any atom is 0.262 e. The van der Waals surface area contributed by atoms with Crippen LogP contribution in [0.5, 0.6) is 5.75 Å². The Morgan fingerprint density at radius 2 is 1.69 bits per heavy atom. The van der Waals surface area contributed by atoms with E-state index in [1.807, 2.05) is 49.4 Å². The van der Waals surface area contributed by atoms with Crippen molar-refractivity contribution >= 4 is 33.4 Å². The Bertz CT molecular complexity index is 1010. The molecule has 0 aromatic heterocycles. The molecule has 0 aliphatic carbocycles. The van der Waals surface area contributed by atoms with E-state index in [1.165, 1.54) is 0 Å². The van der Waals surface area contributed by atoms with E-state index < -0.39 is 0 Å². The normalized spacial score (nSPS) is 10.3. The summed E-state index contributed by atoms with van der Waals surface area (Å²) in [6.45, 7) is 2.20. The number of para-hydroxylation sites is 1. The fraction of sp³-hybridized carbons (Fsp3) is 0.130. The lowest BCUT2D eigenvalue weighted by molar-refractivity contribution is -0.118. The molecule has 2 N–H and O–H groups in total. The van der Waals surface area contributed by atoms with Crippen LogP contribution in [-0.2, 0) is 11.3 Å². The molecule has 0 atom stereocenters. The highest BCUT2D eigenvalue weighted by atomic mass is 79.9. The fourth-order valence-electron chi connectivity index (χ4n) is 2.71. The van der Waals surface area contributed by atoms with Gasteiger partial charge in [-0.1, -0.05) is 58.4 Å². The Kier molecular flexibility index (Phi) is 7.03. The zero-order valence-corrected chi connectivity index (χ0v) is 17.5. The molecule has 0 heterocycles. The van der Waals surface area contributed by atoms with Crippen molar-refractivity contribution in [1.29, 1.82) is 0 Å². The maximum atomic E-state index is 12.6. The van der Waals surface area contributed by atoms with Crippen molar-refractivity contribution < 1.29 is 14.3 Å². The number of carbonyl (C=O) groups excluding carboxylic acids is 2. The number of hydrogen-bond donors (Lipinski definition) is 2. The highest BCUT2D eigenvalue weighted by molar-refractivity contribution is 9.10. The van der Waals surface area contributed by atoms with Crippen LogP contribution in [0.4, 0.5) is 5.69 Å². The minimum Gasteiger partial charge on any atom is -0.484 e. The summed E-state index contributed by atoms with van der Waals surface area (Å²) in [5.41, 5.74) is 2.86. The summed E-state index contributed by atoms with van der Waals surface area (Å²) in [4.78, 5) is 24.9. The van der Waals surface area contributed by atoms with Crippen LogP contribution in [0.25, 0.3) is 0 Å². The number of ether oxygens (including phenoxy) is 1. The summed E-state index contributed by atoms with van der Waals surface area (Å²) in [7, 11) is 0. The lowest BCUT2D eigenvalue weighted by atomic mass is 10.1. The van der Waals surface area contributed by atoms with E-state index >= 15 is 0 Å². The Labute approximate surface area is 178 Å². The molecule has 148 valence electrons. The number of rotatable bonds is 7. The molecule has 0 saturated heterocycles. The van der Waals surface area contributed by atoms with Gasteiger partial charge >= 0.3 is 0 Å². The average molecular weight is 453 g/mol. The van der Waals surface area contributed by atoms with Gasteiger partial charge in [-0.05, 0) is 48.4 Å². The first kappa shape index (κ1) is 20.6. The van der Waals surface area contributed by atoms with Gasteiger partial charge in [0.1, 0.15) is 5.75 Å². The van der Waals surface area contributed by atoms with Crippen LogP contribution < -0.4 is 15.4 Å². The SMILES string of the molecule is Cc1cc(OCC(=O)Nc2ccccc2C(=O)NCc2ccccc2)ccc1Br. The maximum absolute atomic E-state index is 12.6. The number of benzene rings is 3. The lowest BCUT2D eigenvalue weighted by Crippen LogP contribution is -2.26. The van der Waals surface area contributed by atoms with E-state index in [0.717, 1.165) is 15.6 Å². The molecule has 0 bridgehead atoms. The molecule has 29 heavy (non-hydrogen) atoms. The largest absolute Gasteiger partial charge is 0.484 e. The predicted octanol–water partition coefficient (Wildman–Crippen LogP) is 4.71. The van der Waals surface area contributed by atoms with Gasteiger partial charge in [-0.3, -0.25) is 9.59 Å². The second kappa shape index (κ2) is 9.89. The van der Waals surface area contributed by atoms with Gasteiger partial charge in [0, 0.05) is 11.0 Å². The second-order valence-electron chi connectivity index (χ2n) is 6.46. The molecule has 3 rings (SSSR count). The molecule has 6 heteroatoms. The molecule has 0 unspecified atom stereocenters. The molecular formula is C23H21BrN2O3. The number of hydrogen-bond acceptors (Lipinski definition) is 3. The number of carbonyl (C=O) groups is 2. The molecule has 0 aliphatic rings. The van der Waals surface area contributed by atoms with Crippen LogP contribution in [0.2, 0.25) is 0 Å². The van der Waals surface area contributed by atoms with Crippen LogP contribution in [-0.4, -0.2) is 18.4 Å². The van der Waals surface area contributed by atoms with Crippen LogP contribution in [0, 0.1) is 6.92 Å². The number of nitrogens with one attached hydrogen (secondary N) is 2. The summed E-state index contributed by atoms with van der Waals surface area (Å²) in [6.07, 6.45) is 0. The number of anilines is 1. The third kappa shape index (κ3) is 5.93. The smallest absolute Gasteiger partial charge is 0.262 e. The first-order valence-electron chi connectivity index (χ1n) is 9.13. The first-order valence-corrected chi connectivity index (χ1v) is 9.92. The Balaban J connectivity index is 1.59. The standard InChI is InChI=1S/C23H21BrN2O3/c1-16-13-18(11-12-20(16)24)29-15-22(27)26-21-10-6-5-9-19(21)23(28)25-14-17-7-3-2-4-8-17/h2-13H,14-15H2,1H3,(H,25,28)(H,26,27). The van der Waals surface area contributed by atoms with Gasteiger partial charge in [-0.15, -0.1) is 0 Å². The van der Waals surface area contributed by atoms with Gasteiger partial charge in [0.2, 0.25) is 0 Å². The summed E-state index contributed by atoms with van der Waals surface area (Å²) in [5, 5.41) is 5.62. The highest BCUT2D eigenvalue weighted by Gasteiger charge is 2.13. The second-order valence-corrected chi connectivity index (χ2v) is 7.32. The van der Waals surface area contributed by atoms with Crippen molar-refractivity contribution in [2.24, 2.45) is 0 Å². The molecule has 3 aromatic carbocycles. The Morgan fingerprint density at radius 1 is 0.966 bits per heavy atom. The summed E-state index contributed by atoms with van der Waals surface area (Å²) in [6, 6.07) is 22.0. The van der Waals surface area contributed by atoms with Gasteiger partial charge in [-0.25, -0.2) is 0 Å². The summed E-state index contributed by atoms with van der Waals surface area (Å²) >= 11 is 3.43. The summed E-state index contributed by atoms with van der Waals surface area (Å²) in [5.74, 6) is 0.0119. The third-order valence-electron chi connectivity index (χ3n) is 4.24. The van der Waals surface area contributed by atoms with Crippen molar-refractivity contribution in [3.05, 3.63) is 94.0 Å². The van der Waals surface area contributed by atoms with Crippen LogP contribution in [0.3, 0.4) is 0 Å². The van der Waals surface area contributed by atoms with E-state index in [4.69, 9.17) is 4.74 Å². The van der Waals surface area contributed by atoms with Crippen LogP contribution in [0.15, 0.2) is 77.3 Å². The van der Waals surface area contributed by atoms with Crippen LogP contribution >= 0.6 is 15.9 Å². The van der Waals surface area contributed by atoms with E-state index in [0.29, 0.717) is 23.5 Å². The summed E-state index contributed by atoms with van der Waals surface area (Å²) < 4.78 is 6.52. The quantitative estimate of drug-likeness (QED) is 0.545. The van der Waals surface area contributed by atoms with Gasteiger partial charge < -0.3 is 15.4 Å². The monoisotopic (exact) mass is 452 g/mol. The lowest BCUT2D eigenvalue weighted by Gasteiger charge is -2.12. The highest BCUT2D eigenvalue weighted by Crippen LogP contribution is 2.21. The van der Waals surface area contributed by atoms with Gasteiger partial charge in [0.15, 0.2) is 6.61 Å². The zero-order valence-electron chi connectivity index (χ0n) is 15.9. The van der Waals surface area contributed by atoms with Gasteiger partial charge in [0.05, 0.1) is 11.3 Å². The molecule has 5 nitrogen and oxygen atoms in total. The first-order chi connectivity index (χ1) is 14.0. The van der Waals surface area contributed by atoms with Crippen molar-refractivity contribution in [3.63, 3.8) is 0 Å². The Morgan fingerprint density at radius 3 is 2.45 bits per heavy atom. The van der Waals surface area contributed by atoms with Gasteiger partial charge in [-0.2, -0.15) is 0 Å². The zero-order chi connectivity index (χ0) is 20.6. The number of halogens is 1. The van der Waals surface area contributed by atoms with E-state index in [2.05, 4.69) is 26.6 Å². The number of aryl methyl sites for hydroxylation is 1. The molecule has 0 aliphatic heterocycles. The van der Waals surface area contributed by atoms with Crippen molar-refractivity contribution in [3.8, 4) is 5.75 Å². The average Bonchev–Trinajstić information content (AvgIpc) is 2.74. The van der Waals surface area contributed by atoms with Crippen molar-refractivity contribution in [2.45, 2.75) is 13.5 Å². The van der Waals surface area contributed by atoms with E-state index in [1.54, 1.807) is 30.3 Å². The van der Waals surface area contributed by atoms with Crippen LogP contribution in [0.1, 0.15) is 21.5 Å². The fourth-order valence-corrected chi connectivity index (χ4v) is 2.95. The molecule has 0 radical (unpaired) electrons. The molecule has 0 fully saturated rings. The minimum atomic E-state index is -0.339. The van der Waals surface area contributed by atoms with Crippen molar-refractivity contribution in [1.82, 2.24) is 5.32 Å². The third-order valence-corrected chi connectivity index (χ3v) is 5.13. The van der Waals surface area contributed by atoms with Gasteiger partial charge in [0.25, 0.3) is 11.8 Å². The molecule has 0 spiro atoms. The predicted molar refractivity (Wildman–Crippen MR) is 117 cm³/mol. The Hall–Kier alpha value is -3.12. The number of amides is 2. The van der Waals surface area contributed by atoms with E-state index in [9.17, 15) is 9.59 Å². The van der Waals surface area contributed by atoms with Crippen molar-refractivity contribution in [2.75, 3.05) is 11.9 Å². The molecular weight excluding hydrogens is 432 g/mol. The molecule has 0 saturated carbocycles. The minimum absolute atomic E-state index is 0.152. The topological polar surface area (TPSA) is 67.4 Å². The molecule has 3 aromatic rings. The van der Waals surface area contributed by atoms with E-state index in [-0.39, 0.29) is 18.4 Å².